The van der Waals surface area contributed by atoms with Crippen molar-refractivity contribution in [1.29, 1.82) is 0 Å². The minimum atomic E-state index is -0.106. The zero-order valence-corrected chi connectivity index (χ0v) is 15.9. The van der Waals surface area contributed by atoms with E-state index in [2.05, 4.69) is 10.3 Å². The van der Waals surface area contributed by atoms with E-state index in [1.54, 1.807) is 37.4 Å². The lowest BCUT2D eigenvalue weighted by Crippen LogP contribution is -2.14. The van der Waals surface area contributed by atoms with Gasteiger partial charge in [0.05, 0.1) is 13.5 Å². The molecular weight excluding hydrogens is 376 g/mol. The van der Waals surface area contributed by atoms with E-state index < -0.39 is 0 Å². The molecule has 1 amide bonds. The van der Waals surface area contributed by atoms with Crippen LogP contribution in [0.4, 0.5) is 5.69 Å². The molecule has 0 spiro atoms. The SMILES string of the molecule is COc1ccc(CC(=O)Nc2ccc3oc(-c4ccc(Cl)cc4)nc3c2)cc1. The van der Waals surface area contributed by atoms with E-state index in [1.807, 2.05) is 36.4 Å². The largest absolute Gasteiger partial charge is 0.497 e. The van der Waals surface area contributed by atoms with Gasteiger partial charge in [0.25, 0.3) is 0 Å². The average Bonchev–Trinajstić information content (AvgIpc) is 3.12. The van der Waals surface area contributed by atoms with Crippen LogP contribution in [0.15, 0.2) is 71.1 Å². The molecule has 0 bridgehead atoms. The Morgan fingerprint density at radius 2 is 1.82 bits per heavy atom. The van der Waals surface area contributed by atoms with Crippen LogP contribution in [-0.4, -0.2) is 18.0 Å². The van der Waals surface area contributed by atoms with Crippen LogP contribution < -0.4 is 10.1 Å². The van der Waals surface area contributed by atoms with Crippen LogP contribution in [0, 0.1) is 0 Å². The molecule has 140 valence electrons. The van der Waals surface area contributed by atoms with E-state index in [1.165, 1.54) is 0 Å². The lowest BCUT2D eigenvalue weighted by Gasteiger charge is -2.06. The van der Waals surface area contributed by atoms with Crippen molar-refractivity contribution in [3.05, 3.63) is 77.3 Å². The number of oxazole rings is 1. The molecule has 6 heteroatoms. The van der Waals surface area contributed by atoms with Gasteiger partial charge in [-0.3, -0.25) is 4.79 Å². The molecule has 3 aromatic carbocycles. The second-order valence-corrected chi connectivity index (χ2v) is 6.72. The van der Waals surface area contributed by atoms with E-state index in [4.69, 9.17) is 20.8 Å². The molecule has 0 fully saturated rings. The quantitative estimate of drug-likeness (QED) is 0.498. The second kappa shape index (κ2) is 7.74. The van der Waals surface area contributed by atoms with Gasteiger partial charge in [-0.15, -0.1) is 0 Å². The summed E-state index contributed by atoms with van der Waals surface area (Å²) in [6.45, 7) is 0. The topological polar surface area (TPSA) is 64.4 Å². The molecule has 1 heterocycles. The number of anilines is 1. The van der Waals surface area contributed by atoms with Gasteiger partial charge in [0.1, 0.15) is 11.3 Å². The van der Waals surface area contributed by atoms with Crippen LogP contribution in [0.3, 0.4) is 0 Å². The first-order chi connectivity index (χ1) is 13.6. The highest BCUT2D eigenvalue weighted by molar-refractivity contribution is 6.30. The van der Waals surface area contributed by atoms with Crippen LogP contribution in [0.5, 0.6) is 5.75 Å². The molecular formula is C22H17ClN2O3. The van der Waals surface area contributed by atoms with Gasteiger partial charge in [-0.2, -0.15) is 0 Å². The molecule has 28 heavy (non-hydrogen) atoms. The Kier molecular flexibility index (Phi) is 5.00. The minimum absolute atomic E-state index is 0.106. The number of hydrogen-bond acceptors (Lipinski definition) is 4. The molecule has 0 saturated carbocycles. The van der Waals surface area contributed by atoms with Crippen LogP contribution in [0.2, 0.25) is 5.02 Å². The fourth-order valence-corrected chi connectivity index (χ4v) is 2.98. The first-order valence-corrected chi connectivity index (χ1v) is 9.08. The van der Waals surface area contributed by atoms with Crippen molar-refractivity contribution in [2.45, 2.75) is 6.42 Å². The highest BCUT2D eigenvalue weighted by Gasteiger charge is 2.10. The van der Waals surface area contributed by atoms with Crippen LogP contribution in [0.1, 0.15) is 5.56 Å². The third-order valence-electron chi connectivity index (χ3n) is 4.29. The van der Waals surface area contributed by atoms with Gasteiger partial charge in [0, 0.05) is 16.3 Å². The van der Waals surface area contributed by atoms with Crippen molar-refractivity contribution < 1.29 is 13.9 Å². The van der Waals surface area contributed by atoms with Gasteiger partial charge in [-0.05, 0) is 60.2 Å². The average molecular weight is 393 g/mol. The van der Waals surface area contributed by atoms with Gasteiger partial charge in [-0.25, -0.2) is 4.98 Å². The minimum Gasteiger partial charge on any atom is -0.497 e. The fraction of sp³-hybridized carbons (Fsp3) is 0.0909. The summed E-state index contributed by atoms with van der Waals surface area (Å²) < 4.78 is 10.9. The van der Waals surface area contributed by atoms with Gasteiger partial charge in [0.15, 0.2) is 5.58 Å². The predicted octanol–water partition coefficient (Wildman–Crippen LogP) is 5.34. The molecule has 1 N–H and O–H groups in total. The van der Waals surface area contributed by atoms with Crippen molar-refractivity contribution in [1.82, 2.24) is 4.98 Å². The number of halogens is 1. The Hall–Kier alpha value is -3.31. The Labute approximate surface area is 166 Å². The number of amides is 1. The Morgan fingerprint density at radius 1 is 1.07 bits per heavy atom. The number of aromatic nitrogens is 1. The van der Waals surface area contributed by atoms with Gasteiger partial charge in [0.2, 0.25) is 11.8 Å². The van der Waals surface area contributed by atoms with Crippen molar-refractivity contribution in [2.24, 2.45) is 0 Å². The Balaban J connectivity index is 1.49. The van der Waals surface area contributed by atoms with E-state index in [0.29, 0.717) is 27.7 Å². The summed E-state index contributed by atoms with van der Waals surface area (Å²) in [5.41, 5.74) is 3.74. The lowest BCUT2D eigenvalue weighted by molar-refractivity contribution is -0.115. The molecule has 0 radical (unpaired) electrons. The first-order valence-electron chi connectivity index (χ1n) is 8.70. The molecule has 4 rings (SSSR count). The summed E-state index contributed by atoms with van der Waals surface area (Å²) in [4.78, 5) is 16.8. The maximum absolute atomic E-state index is 12.3. The molecule has 0 aliphatic rings. The van der Waals surface area contributed by atoms with Crippen molar-refractivity contribution in [3.63, 3.8) is 0 Å². The standard InChI is InChI=1S/C22H17ClN2O3/c1-27-18-9-2-14(3-10-18)12-21(26)24-17-8-11-20-19(13-17)25-22(28-20)15-4-6-16(23)7-5-15/h2-11,13H,12H2,1H3,(H,24,26). The van der Waals surface area contributed by atoms with E-state index in [-0.39, 0.29) is 12.3 Å². The number of carbonyl (C=O) groups excluding carboxylic acids is 1. The molecule has 1 aromatic heterocycles. The number of nitrogens with one attached hydrogen (secondary N) is 1. The third kappa shape index (κ3) is 4.00. The maximum atomic E-state index is 12.3. The third-order valence-corrected chi connectivity index (χ3v) is 4.54. The van der Waals surface area contributed by atoms with Crippen LogP contribution in [-0.2, 0) is 11.2 Å². The normalized spacial score (nSPS) is 10.8. The lowest BCUT2D eigenvalue weighted by atomic mass is 10.1. The molecule has 0 atom stereocenters. The maximum Gasteiger partial charge on any atom is 0.228 e. The predicted molar refractivity (Wildman–Crippen MR) is 110 cm³/mol. The number of ether oxygens (including phenoxy) is 1. The number of rotatable bonds is 5. The van der Waals surface area contributed by atoms with E-state index in [9.17, 15) is 4.79 Å². The molecule has 0 unspecified atom stereocenters. The highest BCUT2D eigenvalue weighted by Crippen LogP contribution is 2.27. The van der Waals surface area contributed by atoms with Crippen molar-refractivity contribution >= 4 is 34.3 Å². The number of benzene rings is 3. The molecule has 0 saturated heterocycles. The van der Waals surface area contributed by atoms with Crippen LogP contribution in [0.25, 0.3) is 22.6 Å². The summed E-state index contributed by atoms with van der Waals surface area (Å²) >= 11 is 5.92. The van der Waals surface area contributed by atoms with E-state index >= 15 is 0 Å². The summed E-state index contributed by atoms with van der Waals surface area (Å²) in [5, 5.41) is 3.55. The number of methoxy groups -OCH3 is 1. The summed E-state index contributed by atoms with van der Waals surface area (Å²) in [6, 6.07) is 20.1. The van der Waals surface area contributed by atoms with Crippen LogP contribution >= 0.6 is 11.6 Å². The zero-order valence-electron chi connectivity index (χ0n) is 15.1. The highest BCUT2D eigenvalue weighted by atomic mass is 35.5. The number of hydrogen-bond donors (Lipinski definition) is 1. The summed E-state index contributed by atoms with van der Waals surface area (Å²) in [5.74, 6) is 1.16. The van der Waals surface area contributed by atoms with Crippen molar-refractivity contribution in [3.8, 4) is 17.2 Å². The van der Waals surface area contributed by atoms with Gasteiger partial charge >= 0.3 is 0 Å². The summed E-state index contributed by atoms with van der Waals surface area (Å²) in [6.07, 6.45) is 0.275. The van der Waals surface area contributed by atoms with Crippen molar-refractivity contribution in [2.75, 3.05) is 12.4 Å². The molecule has 0 aliphatic heterocycles. The number of fused-ring (bicyclic) bond motifs is 1. The second-order valence-electron chi connectivity index (χ2n) is 6.28. The molecule has 5 nitrogen and oxygen atoms in total. The van der Waals surface area contributed by atoms with E-state index in [0.717, 1.165) is 16.9 Å². The Morgan fingerprint density at radius 3 is 2.54 bits per heavy atom. The molecule has 0 aliphatic carbocycles. The smallest absolute Gasteiger partial charge is 0.228 e. The summed E-state index contributed by atoms with van der Waals surface area (Å²) in [7, 11) is 1.61. The molecule has 4 aromatic rings. The zero-order chi connectivity index (χ0) is 19.5. The fourth-order valence-electron chi connectivity index (χ4n) is 2.86. The number of carbonyl (C=O) groups is 1. The Bertz CT molecular complexity index is 1120. The number of nitrogens with zero attached hydrogens (tertiary/aromatic N) is 1. The van der Waals surface area contributed by atoms with Gasteiger partial charge in [-0.1, -0.05) is 23.7 Å². The van der Waals surface area contributed by atoms with Gasteiger partial charge < -0.3 is 14.5 Å². The monoisotopic (exact) mass is 392 g/mol. The first kappa shape index (κ1) is 18.1.